The van der Waals surface area contributed by atoms with Crippen LogP contribution >= 0.6 is 0 Å². The lowest BCUT2D eigenvalue weighted by Crippen LogP contribution is -2.29. The molecule has 0 bridgehead atoms. The van der Waals surface area contributed by atoms with Crippen LogP contribution in [0.1, 0.15) is 31.2 Å². The largest absolute Gasteiger partial charge is 0.356 e. The summed E-state index contributed by atoms with van der Waals surface area (Å²) in [5, 5.41) is 8.47. The summed E-state index contributed by atoms with van der Waals surface area (Å²) in [6.45, 7) is 0.765. The van der Waals surface area contributed by atoms with Gasteiger partial charge in [0.2, 0.25) is 11.8 Å². The molecule has 158 valence electrons. The van der Waals surface area contributed by atoms with Gasteiger partial charge in [0, 0.05) is 25.8 Å². The van der Waals surface area contributed by atoms with E-state index in [2.05, 4.69) is 10.4 Å². The highest BCUT2D eigenvalue weighted by Gasteiger charge is 2.22. The standard InChI is InChI=1S/C22H25N3O4S/c26-21(23-15-7-17-30(28,29)19-10-5-2-6-11-19)12-13-22(27)25-16-14-20(24-25)18-8-3-1-4-9-18/h1-6,8-11H,7,12-17H2,(H,23,26). The van der Waals surface area contributed by atoms with Crippen molar-refractivity contribution in [1.82, 2.24) is 10.3 Å². The van der Waals surface area contributed by atoms with Crippen LogP contribution in [0.3, 0.4) is 0 Å². The third-order valence-electron chi connectivity index (χ3n) is 4.78. The van der Waals surface area contributed by atoms with Crippen LogP contribution in [-0.4, -0.2) is 49.8 Å². The molecule has 0 aliphatic carbocycles. The summed E-state index contributed by atoms with van der Waals surface area (Å²) >= 11 is 0. The first-order valence-electron chi connectivity index (χ1n) is 9.93. The number of nitrogens with one attached hydrogen (secondary N) is 1. The zero-order valence-corrected chi connectivity index (χ0v) is 17.5. The molecule has 2 aromatic carbocycles. The summed E-state index contributed by atoms with van der Waals surface area (Å²) < 4.78 is 24.4. The minimum absolute atomic E-state index is 0.0407. The normalized spacial score (nSPS) is 13.7. The molecule has 1 heterocycles. The van der Waals surface area contributed by atoms with Gasteiger partial charge in [-0.15, -0.1) is 0 Å². The SMILES string of the molecule is O=C(CCC(=O)N1CCC(c2ccccc2)=N1)NCCCS(=O)(=O)c1ccccc1. The summed E-state index contributed by atoms with van der Waals surface area (Å²) in [7, 11) is -3.35. The number of carbonyl (C=O) groups excluding carboxylic acids is 2. The van der Waals surface area contributed by atoms with E-state index < -0.39 is 9.84 Å². The van der Waals surface area contributed by atoms with Crippen LogP contribution < -0.4 is 5.32 Å². The van der Waals surface area contributed by atoms with Gasteiger partial charge in [0.1, 0.15) is 0 Å². The average Bonchev–Trinajstić information content (AvgIpc) is 3.27. The zero-order chi connectivity index (χ0) is 21.4. The van der Waals surface area contributed by atoms with E-state index in [0.29, 0.717) is 19.4 Å². The Morgan fingerprint density at radius 2 is 1.63 bits per heavy atom. The number of amides is 2. The van der Waals surface area contributed by atoms with E-state index in [4.69, 9.17) is 0 Å². The third kappa shape index (κ3) is 6.00. The van der Waals surface area contributed by atoms with E-state index in [1.165, 1.54) is 5.01 Å². The Morgan fingerprint density at radius 3 is 2.33 bits per heavy atom. The van der Waals surface area contributed by atoms with Crippen molar-refractivity contribution >= 4 is 27.4 Å². The Labute approximate surface area is 176 Å². The zero-order valence-electron chi connectivity index (χ0n) is 16.7. The van der Waals surface area contributed by atoms with E-state index in [0.717, 1.165) is 11.3 Å². The van der Waals surface area contributed by atoms with Crippen molar-refractivity contribution in [2.75, 3.05) is 18.8 Å². The number of hydrogen-bond donors (Lipinski definition) is 1. The Hall–Kier alpha value is -3.00. The van der Waals surface area contributed by atoms with Gasteiger partial charge in [0.25, 0.3) is 0 Å². The Morgan fingerprint density at radius 1 is 0.967 bits per heavy atom. The summed E-state index contributed by atoms with van der Waals surface area (Å²) in [5.41, 5.74) is 1.86. The molecule has 7 nitrogen and oxygen atoms in total. The minimum Gasteiger partial charge on any atom is -0.356 e. The van der Waals surface area contributed by atoms with Crippen LogP contribution in [0.4, 0.5) is 0 Å². The molecule has 0 spiro atoms. The highest BCUT2D eigenvalue weighted by molar-refractivity contribution is 7.91. The quantitative estimate of drug-likeness (QED) is 0.622. The fourth-order valence-electron chi connectivity index (χ4n) is 3.14. The van der Waals surface area contributed by atoms with Gasteiger partial charge in [-0.25, -0.2) is 13.4 Å². The predicted octanol–water partition coefficient (Wildman–Crippen LogP) is 2.38. The summed E-state index contributed by atoms with van der Waals surface area (Å²) in [6, 6.07) is 17.9. The maximum Gasteiger partial charge on any atom is 0.243 e. The number of hydrazone groups is 1. The first-order chi connectivity index (χ1) is 14.5. The second-order valence-electron chi connectivity index (χ2n) is 7.02. The van der Waals surface area contributed by atoms with E-state index in [1.807, 2.05) is 30.3 Å². The molecule has 1 aliphatic rings. The Balaban J connectivity index is 1.37. The highest BCUT2D eigenvalue weighted by Crippen LogP contribution is 2.15. The highest BCUT2D eigenvalue weighted by atomic mass is 32.2. The van der Waals surface area contributed by atoms with Crippen LogP contribution in [0.15, 0.2) is 70.7 Å². The third-order valence-corrected chi connectivity index (χ3v) is 6.59. The van der Waals surface area contributed by atoms with Crippen molar-refractivity contribution in [2.24, 2.45) is 5.10 Å². The first kappa shape index (κ1) is 21.7. The number of carbonyl (C=O) groups is 2. The number of sulfone groups is 1. The lowest BCUT2D eigenvalue weighted by molar-refractivity contribution is -0.133. The maximum atomic E-state index is 12.3. The molecule has 8 heteroatoms. The summed E-state index contributed by atoms with van der Waals surface area (Å²) in [5.74, 6) is -0.504. The molecule has 0 saturated heterocycles. The van der Waals surface area contributed by atoms with Gasteiger partial charge in [-0.3, -0.25) is 9.59 Å². The molecular weight excluding hydrogens is 402 g/mol. The first-order valence-corrected chi connectivity index (χ1v) is 11.6. The van der Waals surface area contributed by atoms with Gasteiger partial charge < -0.3 is 5.32 Å². The second kappa shape index (κ2) is 10.2. The van der Waals surface area contributed by atoms with Gasteiger partial charge in [-0.2, -0.15) is 5.10 Å². The van der Waals surface area contributed by atoms with Gasteiger partial charge in [-0.1, -0.05) is 48.5 Å². The summed E-state index contributed by atoms with van der Waals surface area (Å²) in [4.78, 5) is 24.6. The number of rotatable bonds is 9. The van der Waals surface area contributed by atoms with Gasteiger partial charge in [0.05, 0.1) is 22.9 Å². The lowest BCUT2D eigenvalue weighted by Gasteiger charge is -2.11. The average molecular weight is 428 g/mol. The van der Waals surface area contributed by atoms with E-state index in [-0.39, 0.29) is 41.8 Å². The maximum absolute atomic E-state index is 12.3. The van der Waals surface area contributed by atoms with Crippen LogP contribution in [0.5, 0.6) is 0 Å². The molecule has 0 aromatic heterocycles. The molecule has 1 aliphatic heterocycles. The van der Waals surface area contributed by atoms with Crippen LogP contribution in [0.25, 0.3) is 0 Å². The molecular formula is C22H25N3O4S. The Kier molecular flexibility index (Phi) is 7.35. The van der Waals surface area contributed by atoms with Gasteiger partial charge in [0.15, 0.2) is 9.84 Å². The minimum atomic E-state index is -3.35. The van der Waals surface area contributed by atoms with Gasteiger partial charge >= 0.3 is 0 Å². The smallest absolute Gasteiger partial charge is 0.243 e. The summed E-state index contributed by atoms with van der Waals surface area (Å²) in [6.07, 6.45) is 1.13. The fourth-order valence-corrected chi connectivity index (χ4v) is 4.48. The molecule has 0 unspecified atom stereocenters. The molecule has 3 rings (SSSR count). The van der Waals surface area contributed by atoms with E-state index >= 15 is 0 Å². The van der Waals surface area contributed by atoms with E-state index in [1.54, 1.807) is 30.3 Å². The second-order valence-corrected chi connectivity index (χ2v) is 9.12. The molecule has 2 aromatic rings. The van der Waals surface area contributed by atoms with Crippen molar-refractivity contribution < 1.29 is 18.0 Å². The Bertz CT molecular complexity index is 1010. The molecule has 0 fully saturated rings. The number of nitrogens with zero attached hydrogens (tertiary/aromatic N) is 2. The van der Waals surface area contributed by atoms with Crippen molar-refractivity contribution in [3.8, 4) is 0 Å². The molecule has 30 heavy (non-hydrogen) atoms. The van der Waals surface area contributed by atoms with Crippen LogP contribution in [-0.2, 0) is 19.4 Å². The molecule has 1 N–H and O–H groups in total. The predicted molar refractivity (Wildman–Crippen MR) is 115 cm³/mol. The van der Waals surface area contributed by atoms with Crippen molar-refractivity contribution in [1.29, 1.82) is 0 Å². The lowest BCUT2D eigenvalue weighted by atomic mass is 10.1. The molecule has 0 saturated carbocycles. The number of hydrogen-bond acceptors (Lipinski definition) is 5. The monoisotopic (exact) mass is 427 g/mol. The van der Waals surface area contributed by atoms with Crippen molar-refractivity contribution in [3.05, 3.63) is 66.2 Å². The molecule has 0 radical (unpaired) electrons. The topological polar surface area (TPSA) is 95.9 Å². The van der Waals surface area contributed by atoms with E-state index in [9.17, 15) is 18.0 Å². The van der Waals surface area contributed by atoms with Crippen LogP contribution in [0.2, 0.25) is 0 Å². The van der Waals surface area contributed by atoms with Gasteiger partial charge in [-0.05, 0) is 24.1 Å². The van der Waals surface area contributed by atoms with Crippen molar-refractivity contribution in [2.45, 2.75) is 30.6 Å². The fraction of sp³-hybridized carbons (Fsp3) is 0.318. The van der Waals surface area contributed by atoms with Crippen molar-refractivity contribution in [3.63, 3.8) is 0 Å². The van der Waals surface area contributed by atoms with Crippen LogP contribution in [0, 0.1) is 0 Å². The number of benzene rings is 2. The molecule has 0 atom stereocenters. The molecule has 2 amide bonds.